The van der Waals surface area contributed by atoms with E-state index < -0.39 is 7.49 Å². The molecule has 0 aliphatic heterocycles. The molecule has 5 aromatic carbocycles. The first-order chi connectivity index (χ1) is 16.3. The molecule has 160 valence electrons. The van der Waals surface area contributed by atoms with Crippen LogP contribution >= 0.6 is 7.49 Å². The molecule has 0 amide bonds. The van der Waals surface area contributed by atoms with E-state index in [1.807, 2.05) is 60.7 Å². The molecule has 1 aromatic heterocycles. The van der Waals surface area contributed by atoms with Crippen molar-refractivity contribution in [1.82, 2.24) is 4.57 Å². The molecule has 0 fully saturated rings. The summed E-state index contributed by atoms with van der Waals surface area (Å²) in [6.07, 6.45) is 0. The minimum atomic E-state index is -3.10. The van der Waals surface area contributed by atoms with Gasteiger partial charge in [-0.05, 0) is 0 Å². The Kier molecular flexibility index (Phi) is 4.84. The Bertz CT molecular complexity index is 1460. The first kappa shape index (κ1) is 19.9. The average molecular weight is 446 g/mol. The first-order valence-electron chi connectivity index (χ1n) is 11.2. The van der Waals surface area contributed by atoms with Gasteiger partial charge in [-0.25, -0.2) is 0 Å². The number of para-hydroxylation sites is 2. The summed E-state index contributed by atoms with van der Waals surface area (Å²) in [5, 5.41) is 5.44. The van der Waals surface area contributed by atoms with Crippen LogP contribution in [0.15, 0.2) is 133 Å². The fourth-order valence-corrected chi connectivity index (χ4v) is 7.91. The molecule has 0 saturated carbocycles. The van der Waals surface area contributed by atoms with Crippen molar-refractivity contribution < 1.29 is 4.89 Å². The van der Waals surface area contributed by atoms with Gasteiger partial charge in [0.05, 0.1) is 0 Å². The summed E-state index contributed by atoms with van der Waals surface area (Å²) in [5.41, 5.74) is 3.46. The molecule has 0 radical (unpaired) electrons. The van der Waals surface area contributed by atoms with Crippen LogP contribution in [0.25, 0.3) is 27.5 Å². The second-order valence-corrected chi connectivity index (χ2v) is 11.5. The van der Waals surface area contributed by atoms with E-state index in [4.69, 9.17) is 0 Å². The molecule has 0 aliphatic carbocycles. The summed E-state index contributed by atoms with van der Waals surface area (Å²) in [7, 11) is -3.10. The summed E-state index contributed by atoms with van der Waals surface area (Å²) < 4.78 is 2.31. The van der Waals surface area contributed by atoms with Crippen molar-refractivity contribution in [1.29, 1.82) is 0 Å². The van der Waals surface area contributed by atoms with Gasteiger partial charge in [0.2, 0.25) is 0 Å². The van der Waals surface area contributed by atoms with Gasteiger partial charge in [-0.3, -0.25) is 0 Å². The standard InChI is InChI=1S/C30H24NOP/c32-33(24-11-3-1-4-12-24,25-13-5-2-6-14-25)26-21-19-23(20-22-26)31-29-17-9-7-15-27(29)28-16-8-10-18-30(28)31/h1-22,32-33H. The van der Waals surface area contributed by atoms with Crippen LogP contribution in [0.1, 0.15) is 0 Å². The molecule has 6 aromatic rings. The van der Waals surface area contributed by atoms with Crippen molar-refractivity contribution in [2.24, 2.45) is 0 Å². The molecular formula is C30H24NOP. The third-order valence-corrected chi connectivity index (χ3v) is 10.0. The molecule has 0 atom stereocenters. The van der Waals surface area contributed by atoms with Crippen LogP contribution in [0, 0.1) is 0 Å². The van der Waals surface area contributed by atoms with Crippen LogP contribution in [0.4, 0.5) is 0 Å². The van der Waals surface area contributed by atoms with E-state index in [0.29, 0.717) is 0 Å². The van der Waals surface area contributed by atoms with E-state index in [-0.39, 0.29) is 0 Å². The number of benzene rings is 5. The van der Waals surface area contributed by atoms with Crippen LogP contribution < -0.4 is 15.9 Å². The number of aromatic nitrogens is 1. The van der Waals surface area contributed by atoms with E-state index in [2.05, 4.69) is 77.4 Å². The van der Waals surface area contributed by atoms with Gasteiger partial charge in [0.15, 0.2) is 0 Å². The van der Waals surface area contributed by atoms with Crippen molar-refractivity contribution in [3.05, 3.63) is 133 Å². The third-order valence-electron chi connectivity index (χ3n) is 6.51. The third kappa shape index (κ3) is 3.19. The van der Waals surface area contributed by atoms with Crippen molar-refractivity contribution in [2.75, 3.05) is 0 Å². The second kappa shape index (κ2) is 8.01. The minimum absolute atomic E-state index is 0.976. The Morgan fingerprint density at radius 1 is 0.424 bits per heavy atom. The van der Waals surface area contributed by atoms with Crippen molar-refractivity contribution in [2.45, 2.75) is 0 Å². The van der Waals surface area contributed by atoms with E-state index in [9.17, 15) is 4.89 Å². The van der Waals surface area contributed by atoms with Gasteiger partial charge in [-0.15, -0.1) is 0 Å². The predicted molar refractivity (Wildman–Crippen MR) is 143 cm³/mol. The van der Waals surface area contributed by atoms with Crippen molar-refractivity contribution >= 4 is 45.2 Å². The number of rotatable bonds is 4. The van der Waals surface area contributed by atoms with E-state index in [1.165, 1.54) is 21.8 Å². The van der Waals surface area contributed by atoms with Crippen LogP contribution in [0.3, 0.4) is 0 Å². The molecule has 0 aliphatic rings. The van der Waals surface area contributed by atoms with E-state index >= 15 is 0 Å². The first-order valence-corrected chi connectivity index (χ1v) is 13.1. The molecule has 3 heteroatoms. The Labute approximate surface area is 193 Å². The fraction of sp³-hybridized carbons (Fsp3) is 0. The second-order valence-electron chi connectivity index (χ2n) is 8.36. The fourth-order valence-electron chi connectivity index (χ4n) is 4.91. The number of hydrogen-bond donors (Lipinski definition) is 1. The summed E-state index contributed by atoms with van der Waals surface area (Å²) in [5.74, 6) is 0. The maximum absolute atomic E-state index is 12.2. The zero-order chi connectivity index (χ0) is 22.3. The Hall–Kier alpha value is -3.71. The number of nitrogens with zero attached hydrogens (tertiary/aromatic N) is 1. The summed E-state index contributed by atoms with van der Waals surface area (Å²) >= 11 is 0. The molecule has 1 N–H and O–H groups in total. The predicted octanol–water partition coefficient (Wildman–Crippen LogP) is 5.72. The van der Waals surface area contributed by atoms with Gasteiger partial charge < -0.3 is 0 Å². The number of hydrogen-bond acceptors (Lipinski definition) is 1. The topological polar surface area (TPSA) is 25.2 Å². The Morgan fingerprint density at radius 3 is 1.30 bits per heavy atom. The van der Waals surface area contributed by atoms with Gasteiger partial charge >= 0.3 is 194 Å². The quantitative estimate of drug-likeness (QED) is 0.345. The van der Waals surface area contributed by atoms with E-state index in [0.717, 1.165) is 21.6 Å². The summed E-state index contributed by atoms with van der Waals surface area (Å²) in [6.45, 7) is 0. The van der Waals surface area contributed by atoms with E-state index in [1.54, 1.807) is 0 Å². The van der Waals surface area contributed by atoms with Gasteiger partial charge in [0.1, 0.15) is 0 Å². The van der Waals surface area contributed by atoms with Crippen LogP contribution in [-0.4, -0.2) is 9.46 Å². The normalized spacial score (nSPS) is 12.3. The molecule has 0 unspecified atom stereocenters. The van der Waals surface area contributed by atoms with Crippen LogP contribution in [0.2, 0.25) is 0 Å². The molecule has 0 saturated heterocycles. The molecule has 0 bridgehead atoms. The molecule has 6 rings (SSSR count). The molecule has 1 heterocycles. The average Bonchev–Trinajstić information content (AvgIpc) is 3.24. The van der Waals surface area contributed by atoms with Gasteiger partial charge in [-0.2, -0.15) is 0 Å². The SMILES string of the molecule is O[PH](c1ccccc1)(c1ccccc1)c1ccc(-n2c3ccccc3c3ccccc32)cc1. The van der Waals surface area contributed by atoms with Crippen LogP contribution in [0.5, 0.6) is 0 Å². The van der Waals surface area contributed by atoms with Crippen molar-refractivity contribution in [3.63, 3.8) is 0 Å². The number of fused-ring (bicyclic) bond motifs is 3. The Morgan fingerprint density at radius 2 is 0.818 bits per heavy atom. The van der Waals surface area contributed by atoms with Crippen LogP contribution in [-0.2, 0) is 0 Å². The van der Waals surface area contributed by atoms with Gasteiger partial charge in [0.25, 0.3) is 0 Å². The summed E-state index contributed by atoms with van der Waals surface area (Å²) in [4.78, 5) is 12.2. The Balaban J connectivity index is 1.54. The van der Waals surface area contributed by atoms with Gasteiger partial charge in [0, 0.05) is 0 Å². The molecule has 2 nitrogen and oxygen atoms in total. The molecule has 33 heavy (non-hydrogen) atoms. The summed E-state index contributed by atoms with van der Waals surface area (Å²) in [6, 6.07) is 45.7. The zero-order valence-corrected chi connectivity index (χ0v) is 19.1. The van der Waals surface area contributed by atoms with Crippen molar-refractivity contribution in [3.8, 4) is 5.69 Å². The molecule has 0 spiro atoms. The monoisotopic (exact) mass is 445 g/mol. The van der Waals surface area contributed by atoms with Gasteiger partial charge in [-0.1, -0.05) is 0 Å². The molecular weight excluding hydrogens is 421 g/mol. The zero-order valence-electron chi connectivity index (χ0n) is 18.1. The maximum atomic E-state index is 12.2.